The summed E-state index contributed by atoms with van der Waals surface area (Å²) in [7, 11) is 7.39. The Balaban J connectivity index is 3.45. The molecule has 0 atom stereocenters. The van der Waals surface area contributed by atoms with Gasteiger partial charge in [-0.05, 0) is 0 Å². The number of hydrogen-bond donors (Lipinski definition) is 1. The molecule has 1 heterocycles. The average molecular weight is 249 g/mol. The van der Waals surface area contributed by atoms with Crippen molar-refractivity contribution in [2.45, 2.75) is 0 Å². The second-order valence-electron chi connectivity index (χ2n) is 3.59. The van der Waals surface area contributed by atoms with E-state index in [-0.39, 0.29) is 0 Å². The molecular formula is C9H14Cl2N4. The molecule has 1 aromatic heterocycles. The molecule has 0 aliphatic heterocycles. The van der Waals surface area contributed by atoms with Gasteiger partial charge < -0.3 is 15.5 Å². The maximum atomic E-state index is 6.04. The highest BCUT2D eigenvalue weighted by molar-refractivity contribution is 6.41. The fourth-order valence-electron chi connectivity index (χ4n) is 1.13. The van der Waals surface area contributed by atoms with Crippen LogP contribution in [0.3, 0.4) is 0 Å². The monoisotopic (exact) mass is 248 g/mol. The first-order chi connectivity index (χ1) is 6.86. The van der Waals surface area contributed by atoms with Crippen LogP contribution < -0.4 is 15.5 Å². The van der Waals surface area contributed by atoms with Crippen LogP contribution in [0.5, 0.6) is 0 Å². The molecule has 0 spiro atoms. The van der Waals surface area contributed by atoms with Gasteiger partial charge in [-0.15, -0.1) is 0 Å². The molecule has 0 saturated heterocycles. The Hall–Kier alpha value is -0.870. The van der Waals surface area contributed by atoms with Gasteiger partial charge in [0.2, 0.25) is 0 Å². The van der Waals surface area contributed by atoms with Crippen LogP contribution in [-0.4, -0.2) is 33.2 Å². The van der Waals surface area contributed by atoms with Gasteiger partial charge in [0.1, 0.15) is 10.0 Å². The van der Waals surface area contributed by atoms with E-state index in [1.165, 1.54) is 0 Å². The molecule has 4 nitrogen and oxygen atoms in total. The van der Waals surface area contributed by atoms with Crippen molar-refractivity contribution in [2.75, 3.05) is 43.7 Å². The molecule has 15 heavy (non-hydrogen) atoms. The molecular weight excluding hydrogens is 235 g/mol. The van der Waals surface area contributed by atoms with E-state index in [1.54, 1.807) is 9.80 Å². The molecule has 1 aromatic rings. The maximum absolute atomic E-state index is 6.04. The lowest BCUT2D eigenvalue weighted by Gasteiger charge is -2.20. The van der Waals surface area contributed by atoms with Crippen molar-refractivity contribution in [1.29, 1.82) is 0 Å². The molecule has 0 bridgehead atoms. The van der Waals surface area contributed by atoms with Gasteiger partial charge in [-0.1, -0.05) is 23.2 Å². The Kier molecular flexibility index (Phi) is 3.52. The molecule has 1 rings (SSSR count). The maximum Gasteiger partial charge on any atom is 0.151 e. The first-order valence-corrected chi connectivity index (χ1v) is 5.11. The van der Waals surface area contributed by atoms with Crippen LogP contribution in [0.15, 0.2) is 0 Å². The van der Waals surface area contributed by atoms with Crippen LogP contribution in [-0.2, 0) is 0 Å². The fraction of sp³-hybridized carbons (Fsp3) is 0.444. The molecule has 0 unspecified atom stereocenters. The van der Waals surface area contributed by atoms with E-state index in [1.807, 2.05) is 28.2 Å². The van der Waals surface area contributed by atoms with Gasteiger partial charge in [0.25, 0.3) is 0 Å². The van der Waals surface area contributed by atoms with Crippen LogP contribution in [0.4, 0.5) is 17.3 Å². The van der Waals surface area contributed by atoms with Crippen molar-refractivity contribution in [3.63, 3.8) is 0 Å². The zero-order valence-corrected chi connectivity index (χ0v) is 10.7. The van der Waals surface area contributed by atoms with E-state index in [9.17, 15) is 0 Å². The van der Waals surface area contributed by atoms with Crippen LogP contribution in [0.2, 0.25) is 10.0 Å². The first-order valence-electron chi connectivity index (χ1n) is 4.35. The third-order valence-corrected chi connectivity index (χ3v) is 2.67. The SMILES string of the molecule is CN(C)c1nc(N(C)C)c(Cl)c(N)c1Cl. The van der Waals surface area contributed by atoms with Crippen molar-refractivity contribution in [3.05, 3.63) is 10.0 Å². The standard InChI is InChI=1S/C9H14Cl2N4/c1-14(2)8-5(10)7(12)6(11)9(13-8)15(3)4/h1-4H3,(H2,12,13). The Bertz CT molecular complexity index is 345. The second kappa shape index (κ2) is 4.33. The summed E-state index contributed by atoms with van der Waals surface area (Å²) in [4.78, 5) is 7.93. The molecule has 0 fully saturated rings. The summed E-state index contributed by atoms with van der Waals surface area (Å²) >= 11 is 12.1. The number of aromatic nitrogens is 1. The van der Waals surface area contributed by atoms with E-state index in [0.717, 1.165) is 0 Å². The van der Waals surface area contributed by atoms with Gasteiger partial charge in [0, 0.05) is 28.2 Å². The number of nitrogens with two attached hydrogens (primary N) is 1. The van der Waals surface area contributed by atoms with Gasteiger partial charge in [-0.2, -0.15) is 0 Å². The molecule has 6 heteroatoms. The third kappa shape index (κ3) is 2.21. The highest BCUT2D eigenvalue weighted by Gasteiger charge is 2.17. The van der Waals surface area contributed by atoms with Gasteiger partial charge in [0.05, 0.1) is 5.69 Å². The van der Waals surface area contributed by atoms with Crippen LogP contribution in [0.25, 0.3) is 0 Å². The quantitative estimate of drug-likeness (QED) is 0.871. The molecule has 0 saturated carbocycles. The average Bonchev–Trinajstić information content (AvgIpc) is 2.13. The Morgan fingerprint density at radius 1 is 0.933 bits per heavy atom. The zero-order chi connectivity index (χ0) is 11.7. The normalized spacial score (nSPS) is 10.3. The van der Waals surface area contributed by atoms with E-state index >= 15 is 0 Å². The molecule has 0 aromatic carbocycles. The number of nitrogens with zero attached hydrogens (tertiary/aromatic N) is 3. The molecule has 0 amide bonds. The van der Waals surface area contributed by atoms with Crippen molar-refractivity contribution in [1.82, 2.24) is 4.98 Å². The number of anilines is 3. The summed E-state index contributed by atoms with van der Waals surface area (Å²) < 4.78 is 0. The minimum absolute atomic E-state index is 0.362. The molecule has 0 aliphatic rings. The van der Waals surface area contributed by atoms with Gasteiger partial charge in [0.15, 0.2) is 11.6 Å². The van der Waals surface area contributed by atoms with Gasteiger partial charge in [-0.3, -0.25) is 0 Å². The fourth-order valence-corrected chi connectivity index (χ4v) is 1.79. The van der Waals surface area contributed by atoms with E-state index in [2.05, 4.69) is 4.98 Å². The third-order valence-electron chi connectivity index (χ3n) is 1.92. The lowest BCUT2D eigenvalue weighted by atomic mass is 10.3. The van der Waals surface area contributed by atoms with Crippen molar-refractivity contribution < 1.29 is 0 Å². The van der Waals surface area contributed by atoms with E-state index < -0.39 is 0 Å². The van der Waals surface area contributed by atoms with Gasteiger partial charge >= 0.3 is 0 Å². The smallest absolute Gasteiger partial charge is 0.151 e. The Labute approximate surface area is 99.6 Å². The summed E-state index contributed by atoms with van der Waals surface area (Å²) in [5.41, 5.74) is 6.16. The Morgan fingerprint density at radius 2 is 1.27 bits per heavy atom. The molecule has 2 N–H and O–H groups in total. The van der Waals surface area contributed by atoms with Gasteiger partial charge in [-0.25, -0.2) is 4.98 Å². The second-order valence-corrected chi connectivity index (χ2v) is 4.35. The van der Waals surface area contributed by atoms with Crippen molar-refractivity contribution >= 4 is 40.5 Å². The summed E-state index contributed by atoms with van der Waals surface area (Å²) in [5.74, 6) is 1.23. The number of pyridine rings is 1. The summed E-state index contributed by atoms with van der Waals surface area (Å²) in [5, 5.41) is 0.770. The number of rotatable bonds is 2. The number of nitrogen functional groups attached to an aromatic ring is 1. The van der Waals surface area contributed by atoms with Crippen LogP contribution >= 0.6 is 23.2 Å². The predicted octanol–water partition coefficient (Wildman–Crippen LogP) is 2.10. The first kappa shape index (κ1) is 12.2. The van der Waals surface area contributed by atoms with E-state index in [0.29, 0.717) is 27.4 Å². The largest absolute Gasteiger partial charge is 0.396 e. The van der Waals surface area contributed by atoms with Crippen molar-refractivity contribution in [2.24, 2.45) is 0 Å². The predicted molar refractivity (Wildman–Crippen MR) is 67.3 cm³/mol. The lowest BCUT2D eigenvalue weighted by Crippen LogP contribution is -2.17. The van der Waals surface area contributed by atoms with Crippen LogP contribution in [0, 0.1) is 0 Å². The minimum atomic E-state index is 0.362. The number of halogens is 2. The molecule has 84 valence electrons. The molecule has 0 aliphatic carbocycles. The van der Waals surface area contributed by atoms with Crippen molar-refractivity contribution in [3.8, 4) is 0 Å². The zero-order valence-electron chi connectivity index (χ0n) is 9.17. The summed E-state index contributed by atoms with van der Waals surface area (Å²) in [6.45, 7) is 0. The van der Waals surface area contributed by atoms with E-state index in [4.69, 9.17) is 28.9 Å². The topological polar surface area (TPSA) is 45.4 Å². The summed E-state index contributed by atoms with van der Waals surface area (Å²) in [6, 6.07) is 0. The lowest BCUT2D eigenvalue weighted by molar-refractivity contribution is 1.02. The minimum Gasteiger partial charge on any atom is -0.396 e. The highest BCUT2D eigenvalue weighted by Crippen LogP contribution is 2.38. The highest BCUT2D eigenvalue weighted by atomic mass is 35.5. The number of hydrogen-bond acceptors (Lipinski definition) is 4. The Morgan fingerprint density at radius 3 is 1.53 bits per heavy atom. The summed E-state index contributed by atoms with van der Waals surface area (Å²) in [6.07, 6.45) is 0. The van der Waals surface area contributed by atoms with Crippen LogP contribution in [0.1, 0.15) is 0 Å². The molecule has 0 radical (unpaired) electrons.